The number of aromatic nitrogens is 3. The Morgan fingerprint density at radius 2 is 1.66 bits per heavy atom. The van der Waals surface area contributed by atoms with Gasteiger partial charge in [-0.1, -0.05) is 39.3 Å². The van der Waals surface area contributed by atoms with Crippen molar-refractivity contribution < 1.29 is 14.2 Å². The number of hydrogen-bond donors (Lipinski definition) is 0. The zero-order valence-corrected chi connectivity index (χ0v) is 20.7. The van der Waals surface area contributed by atoms with Gasteiger partial charge in [0.1, 0.15) is 19.6 Å². The standard InChI is InChI=1S/C20H35N3O4Si2/c1-28(2,3)9-7-25-14-22-12-16(18-13-27-18)19-17(22)11-21-23(20(19)24)15-26-8-10-29(4,5)6/h11-12,18H,7-10,13-15H2,1-6H3. The van der Waals surface area contributed by atoms with Crippen LogP contribution in [0.2, 0.25) is 51.4 Å². The van der Waals surface area contributed by atoms with Gasteiger partial charge in [-0.25, -0.2) is 4.68 Å². The highest BCUT2D eigenvalue weighted by Crippen LogP contribution is 2.34. The minimum atomic E-state index is -1.16. The largest absolute Gasteiger partial charge is 0.368 e. The second-order valence-electron chi connectivity index (χ2n) is 10.3. The van der Waals surface area contributed by atoms with Crippen LogP contribution in [0.4, 0.5) is 0 Å². The van der Waals surface area contributed by atoms with Crippen LogP contribution < -0.4 is 5.56 Å². The molecule has 0 aliphatic carbocycles. The Labute approximate surface area is 175 Å². The monoisotopic (exact) mass is 437 g/mol. The average molecular weight is 438 g/mol. The summed E-state index contributed by atoms with van der Waals surface area (Å²) in [5.41, 5.74) is 1.60. The Hall–Kier alpha value is -1.27. The van der Waals surface area contributed by atoms with E-state index in [-0.39, 0.29) is 18.4 Å². The molecule has 7 nitrogen and oxygen atoms in total. The van der Waals surface area contributed by atoms with E-state index >= 15 is 0 Å². The van der Waals surface area contributed by atoms with E-state index in [1.54, 1.807) is 6.20 Å². The van der Waals surface area contributed by atoms with Crippen LogP contribution in [0.25, 0.3) is 10.9 Å². The van der Waals surface area contributed by atoms with Gasteiger partial charge >= 0.3 is 0 Å². The van der Waals surface area contributed by atoms with Crippen molar-refractivity contribution in [3.63, 3.8) is 0 Å². The first kappa shape index (κ1) is 22.4. The van der Waals surface area contributed by atoms with Gasteiger partial charge < -0.3 is 18.8 Å². The molecule has 162 valence electrons. The fourth-order valence-electron chi connectivity index (χ4n) is 3.01. The van der Waals surface area contributed by atoms with Gasteiger partial charge in [0.2, 0.25) is 0 Å². The summed E-state index contributed by atoms with van der Waals surface area (Å²) in [7, 11) is -2.28. The molecule has 1 aliphatic heterocycles. The summed E-state index contributed by atoms with van der Waals surface area (Å²) in [6, 6.07) is 2.18. The van der Waals surface area contributed by atoms with Gasteiger partial charge in [0.05, 0.1) is 23.7 Å². The predicted octanol–water partition coefficient (Wildman–Crippen LogP) is 3.89. The number of ether oxygens (including phenoxy) is 3. The van der Waals surface area contributed by atoms with Gasteiger partial charge in [0.25, 0.3) is 5.56 Å². The summed E-state index contributed by atoms with van der Waals surface area (Å²) in [4.78, 5) is 13.1. The van der Waals surface area contributed by atoms with Crippen LogP contribution in [0.5, 0.6) is 0 Å². The molecule has 29 heavy (non-hydrogen) atoms. The number of epoxide rings is 1. The molecule has 0 amide bonds. The highest BCUT2D eigenvalue weighted by Gasteiger charge is 2.30. The van der Waals surface area contributed by atoms with Crippen molar-refractivity contribution in [2.75, 3.05) is 19.8 Å². The van der Waals surface area contributed by atoms with Gasteiger partial charge in [0.15, 0.2) is 0 Å². The molecule has 3 rings (SSSR count). The van der Waals surface area contributed by atoms with Gasteiger partial charge in [0, 0.05) is 41.1 Å². The predicted molar refractivity (Wildman–Crippen MR) is 121 cm³/mol. The molecule has 0 radical (unpaired) electrons. The third kappa shape index (κ3) is 6.35. The van der Waals surface area contributed by atoms with Crippen LogP contribution in [0, 0.1) is 0 Å². The normalized spacial score (nSPS) is 17.2. The van der Waals surface area contributed by atoms with E-state index < -0.39 is 16.1 Å². The lowest BCUT2D eigenvalue weighted by molar-refractivity contribution is 0.0752. The molecule has 0 saturated carbocycles. The fraction of sp³-hybridized carbons (Fsp3) is 0.700. The second kappa shape index (κ2) is 8.85. The molecule has 0 spiro atoms. The maximum atomic E-state index is 13.1. The van der Waals surface area contributed by atoms with Crippen LogP contribution in [0.3, 0.4) is 0 Å². The van der Waals surface area contributed by atoms with Crippen LogP contribution in [0.15, 0.2) is 17.2 Å². The van der Waals surface area contributed by atoms with E-state index in [0.29, 0.717) is 25.3 Å². The third-order valence-electron chi connectivity index (χ3n) is 5.03. The Morgan fingerprint density at radius 3 is 2.21 bits per heavy atom. The summed E-state index contributed by atoms with van der Waals surface area (Å²) in [6.45, 7) is 16.6. The first-order valence-corrected chi connectivity index (χ1v) is 17.8. The van der Waals surface area contributed by atoms with Crippen molar-refractivity contribution in [2.45, 2.75) is 70.9 Å². The zero-order valence-electron chi connectivity index (χ0n) is 18.7. The van der Waals surface area contributed by atoms with Crippen molar-refractivity contribution in [1.29, 1.82) is 0 Å². The average Bonchev–Trinajstić information content (AvgIpc) is 3.37. The van der Waals surface area contributed by atoms with Crippen molar-refractivity contribution in [3.05, 3.63) is 28.3 Å². The summed E-state index contributed by atoms with van der Waals surface area (Å²) in [6.07, 6.45) is 3.72. The Kier molecular flexibility index (Phi) is 6.84. The fourth-order valence-corrected chi connectivity index (χ4v) is 4.53. The lowest BCUT2D eigenvalue weighted by Gasteiger charge is -2.16. The second-order valence-corrected chi connectivity index (χ2v) is 21.5. The maximum absolute atomic E-state index is 13.1. The Bertz CT molecular complexity index is 892. The lowest BCUT2D eigenvalue weighted by atomic mass is 10.2. The Morgan fingerprint density at radius 1 is 1.07 bits per heavy atom. The molecule has 3 heterocycles. The van der Waals surface area contributed by atoms with Gasteiger partial charge in [-0.15, -0.1) is 0 Å². The van der Waals surface area contributed by atoms with Crippen molar-refractivity contribution >= 4 is 27.1 Å². The molecule has 2 aromatic heterocycles. The lowest BCUT2D eigenvalue weighted by Crippen LogP contribution is -2.26. The van der Waals surface area contributed by atoms with Crippen LogP contribution in [0.1, 0.15) is 11.7 Å². The molecule has 1 atom stereocenters. The molecule has 1 unspecified atom stereocenters. The first-order valence-electron chi connectivity index (χ1n) is 10.4. The number of nitrogens with zero attached hydrogens (tertiary/aromatic N) is 3. The molecule has 1 aliphatic rings. The topological polar surface area (TPSA) is 70.8 Å². The highest BCUT2D eigenvalue weighted by molar-refractivity contribution is 6.76. The van der Waals surface area contributed by atoms with Crippen LogP contribution >= 0.6 is 0 Å². The SMILES string of the molecule is C[Si](C)(C)CCOCn1ncc2c(c(C3CO3)cn2COCC[Si](C)(C)C)c1=O. The number of rotatable bonds is 11. The number of fused-ring (bicyclic) bond motifs is 1. The van der Waals surface area contributed by atoms with Crippen molar-refractivity contribution in [2.24, 2.45) is 0 Å². The molecule has 1 fully saturated rings. The molecule has 1 saturated heterocycles. The molecule has 0 N–H and O–H groups in total. The molecule has 9 heteroatoms. The summed E-state index contributed by atoms with van der Waals surface area (Å²) >= 11 is 0. The Balaban J connectivity index is 1.74. The van der Waals surface area contributed by atoms with Crippen molar-refractivity contribution in [1.82, 2.24) is 14.3 Å². The minimum absolute atomic E-state index is 0.00269. The van der Waals surface area contributed by atoms with E-state index in [1.165, 1.54) is 4.68 Å². The van der Waals surface area contributed by atoms with Gasteiger partial charge in [-0.3, -0.25) is 4.79 Å². The summed E-state index contributed by atoms with van der Waals surface area (Å²) in [5, 5.41) is 5.01. The molecular weight excluding hydrogens is 402 g/mol. The summed E-state index contributed by atoms with van der Waals surface area (Å²) in [5.74, 6) is 0. The first-order chi connectivity index (χ1) is 13.6. The summed E-state index contributed by atoms with van der Waals surface area (Å²) < 4.78 is 20.5. The molecular formula is C20H35N3O4Si2. The van der Waals surface area contributed by atoms with E-state index in [9.17, 15) is 4.79 Å². The molecule has 2 aromatic rings. The van der Waals surface area contributed by atoms with E-state index in [1.807, 2.05) is 10.8 Å². The highest BCUT2D eigenvalue weighted by atomic mass is 28.3. The van der Waals surface area contributed by atoms with E-state index in [4.69, 9.17) is 14.2 Å². The van der Waals surface area contributed by atoms with Gasteiger partial charge in [-0.05, 0) is 12.1 Å². The number of hydrogen-bond acceptors (Lipinski definition) is 5. The maximum Gasteiger partial charge on any atom is 0.278 e. The van der Waals surface area contributed by atoms with E-state index in [2.05, 4.69) is 44.4 Å². The van der Waals surface area contributed by atoms with Crippen LogP contribution in [-0.4, -0.2) is 50.3 Å². The quantitative estimate of drug-likeness (QED) is 0.303. The molecule has 0 bridgehead atoms. The zero-order chi connectivity index (χ0) is 21.2. The van der Waals surface area contributed by atoms with E-state index in [0.717, 1.165) is 29.8 Å². The van der Waals surface area contributed by atoms with Gasteiger partial charge in [-0.2, -0.15) is 5.10 Å². The minimum Gasteiger partial charge on any atom is -0.368 e. The third-order valence-corrected chi connectivity index (χ3v) is 8.44. The van der Waals surface area contributed by atoms with Crippen molar-refractivity contribution in [3.8, 4) is 0 Å². The van der Waals surface area contributed by atoms with Crippen LogP contribution in [-0.2, 0) is 27.7 Å². The molecule has 0 aromatic carbocycles. The smallest absolute Gasteiger partial charge is 0.278 e.